The second-order valence-electron chi connectivity index (χ2n) is 6.14. The SMILES string of the molecule is CCOC(=O)[C@H](Cc1ccccc1)N(C(=O)c1ccncc1)C1CC1. The molecule has 1 fully saturated rings. The molecule has 25 heavy (non-hydrogen) atoms. The van der Waals surface area contributed by atoms with Crippen molar-refractivity contribution in [2.75, 3.05) is 6.61 Å². The lowest BCUT2D eigenvalue weighted by Crippen LogP contribution is -2.48. The van der Waals surface area contributed by atoms with E-state index in [1.165, 1.54) is 0 Å². The predicted molar refractivity (Wildman–Crippen MR) is 94.0 cm³/mol. The molecule has 0 spiro atoms. The first-order chi connectivity index (χ1) is 12.2. The number of hydrogen-bond acceptors (Lipinski definition) is 4. The van der Waals surface area contributed by atoms with Gasteiger partial charge in [-0.05, 0) is 37.5 Å². The van der Waals surface area contributed by atoms with Gasteiger partial charge in [0.2, 0.25) is 0 Å². The summed E-state index contributed by atoms with van der Waals surface area (Å²) in [7, 11) is 0. The molecule has 130 valence electrons. The van der Waals surface area contributed by atoms with E-state index in [4.69, 9.17) is 4.74 Å². The summed E-state index contributed by atoms with van der Waals surface area (Å²) in [5.41, 5.74) is 1.55. The second-order valence-corrected chi connectivity index (χ2v) is 6.14. The van der Waals surface area contributed by atoms with E-state index in [0.717, 1.165) is 18.4 Å². The molecule has 0 bridgehead atoms. The van der Waals surface area contributed by atoms with Gasteiger partial charge in [-0.25, -0.2) is 4.79 Å². The third-order valence-electron chi connectivity index (χ3n) is 4.27. The fraction of sp³-hybridized carbons (Fsp3) is 0.350. The maximum Gasteiger partial charge on any atom is 0.329 e. The van der Waals surface area contributed by atoms with Crippen molar-refractivity contribution in [3.05, 3.63) is 66.0 Å². The van der Waals surface area contributed by atoms with Crippen LogP contribution in [0.5, 0.6) is 0 Å². The molecule has 1 amide bonds. The molecule has 1 atom stereocenters. The summed E-state index contributed by atoms with van der Waals surface area (Å²) < 4.78 is 5.28. The molecule has 2 aromatic rings. The Morgan fingerprint density at radius 1 is 1.16 bits per heavy atom. The normalized spacial score (nSPS) is 14.6. The summed E-state index contributed by atoms with van der Waals surface area (Å²) in [4.78, 5) is 31.4. The smallest absolute Gasteiger partial charge is 0.329 e. The quantitative estimate of drug-likeness (QED) is 0.729. The van der Waals surface area contributed by atoms with Gasteiger partial charge in [0.1, 0.15) is 6.04 Å². The van der Waals surface area contributed by atoms with Gasteiger partial charge >= 0.3 is 5.97 Å². The van der Waals surface area contributed by atoms with E-state index in [1.807, 2.05) is 30.3 Å². The summed E-state index contributed by atoms with van der Waals surface area (Å²) in [5, 5.41) is 0. The van der Waals surface area contributed by atoms with Crippen LogP contribution in [-0.2, 0) is 16.0 Å². The van der Waals surface area contributed by atoms with E-state index in [-0.39, 0.29) is 17.9 Å². The Kier molecular flexibility index (Phi) is 5.43. The Morgan fingerprint density at radius 3 is 2.44 bits per heavy atom. The summed E-state index contributed by atoms with van der Waals surface area (Å²) >= 11 is 0. The highest BCUT2D eigenvalue weighted by Gasteiger charge is 2.41. The maximum atomic E-state index is 13.1. The summed E-state index contributed by atoms with van der Waals surface area (Å²) in [6.07, 6.45) is 5.47. The Bertz CT molecular complexity index is 714. The molecule has 0 saturated heterocycles. The van der Waals surface area contributed by atoms with Gasteiger partial charge in [0.15, 0.2) is 0 Å². The summed E-state index contributed by atoms with van der Waals surface area (Å²) in [6.45, 7) is 2.08. The average Bonchev–Trinajstić information content (AvgIpc) is 3.48. The van der Waals surface area contributed by atoms with Crippen molar-refractivity contribution in [3.8, 4) is 0 Å². The van der Waals surface area contributed by atoms with Gasteiger partial charge in [-0.1, -0.05) is 30.3 Å². The largest absolute Gasteiger partial charge is 0.464 e. The van der Waals surface area contributed by atoms with E-state index in [0.29, 0.717) is 18.6 Å². The van der Waals surface area contributed by atoms with Crippen molar-refractivity contribution in [2.45, 2.75) is 38.3 Å². The molecule has 1 saturated carbocycles. The first-order valence-corrected chi connectivity index (χ1v) is 8.64. The van der Waals surface area contributed by atoms with Crippen LogP contribution in [0.1, 0.15) is 35.7 Å². The van der Waals surface area contributed by atoms with Crippen LogP contribution in [-0.4, -0.2) is 40.5 Å². The fourth-order valence-corrected chi connectivity index (χ4v) is 2.93. The number of amides is 1. The Balaban J connectivity index is 1.90. The van der Waals surface area contributed by atoms with Gasteiger partial charge in [-0.3, -0.25) is 9.78 Å². The van der Waals surface area contributed by atoms with Gasteiger partial charge in [0.05, 0.1) is 6.61 Å². The highest BCUT2D eigenvalue weighted by atomic mass is 16.5. The lowest BCUT2D eigenvalue weighted by molar-refractivity contribution is -0.148. The zero-order valence-corrected chi connectivity index (χ0v) is 14.3. The maximum absolute atomic E-state index is 13.1. The van der Waals surface area contributed by atoms with Crippen LogP contribution in [0, 0.1) is 0 Å². The topological polar surface area (TPSA) is 59.5 Å². The lowest BCUT2D eigenvalue weighted by atomic mass is 10.0. The van der Waals surface area contributed by atoms with Gasteiger partial charge < -0.3 is 9.64 Å². The van der Waals surface area contributed by atoms with E-state index in [9.17, 15) is 9.59 Å². The molecular formula is C20H22N2O3. The first kappa shape index (κ1) is 17.1. The molecular weight excluding hydrogens is 316 g/mol. The van der Waals surface area contributed by atoms with Gasteiger partial charge in [-0.15, -0.1) is 0 Å². The first-order valence-electron chi connectivity index (χ1n) is 8.64. The van der Waals surface area contributed by atoms with E-state index in [2.05, 4.69) is 4.98 Å². The van der Waals surface area contributed by atoms with Crippen molar-refractivity contribution >= 4 is 11.9 Å². The zero-order valence-electron chi connectivity index (χ0n) is 14.3. The van der Waals surface area contributed by atoms with Crippen LogP contribution in [0.4, 0.5) is 0 Å². The van der Waals surface area contributed by atoms with Crippen molar-refractivity contribution in [1.82, 2.24) is 9.88 Å². The third kappa shape index (κ3) is 4.24. The van der Waals surface area contributed by atoms with Gasteiger partial charge in [0, 0.05) is 30.4 Å². The number of benzene rings is 1. The highest BCUT2D eigenvalue weighted by Crippen LogP contribution is 2.31. The number of pyridine rings is 1. The Labute approximate surface area is 147 Å². The Hall–Kier alpha value is -2.69. The molecule has 3 rings (SSSR count). The molecule has 1 aromatic carbocycles. The molecule has 1 aliphatic rings. The van der Waals surface area contributed by atoms with Gasteiger partial charge in [0.25, 0.3) is 5.91 Å². The van der Waals surface area contributed by atoms with Crippen LogP contribution in [0.2, 0.25) is 0 Å². The summed E-state index contributed by atoms with van der Waals surface area (Å²) in [6, 6.07) is 12.6. The number of carbonyl (C=O) groups excluding carboxylic acids is 2. The molecule has 0 aliphatic heterocycles. The zero-order chi connectivity index (χ0) is 17.6. The number of carbonyl (C=O) groups is 2. The van der Waals surface area contributed by atoms with Crippen molar-refractivity contribution in [1.29, 1.82) is 0 Å². The standard InChI is InChI=1S/C20H22N2O3/c1-2-25-20(24)18(14-15-6-4-3-5-7-15)22(17-8-9-17)19(23)16-10-12-21-13-11-16/h3-7,10-13,17-18H,2,8-9,14H2,1H3/t18-/m0/s1. The molecule has 1 aromatic heterocycles. The molecule has 1 aliphatic carbocycles. The summed E-state index contributed by atoms with van der Waals surface area (Å²) in [5.74, 6) is -0.487. The number of rotatable bonds is 7. The molecule has 0 unspecified atom stereocenters. The highest BCUT2D eigenvalue weighted by molar-refractivity contribution is 5.97. The van der Waals surface area contributed by atoms with Crippen molar-refractivity contribution in [2.24, 2.45) is 0 Å². The minimum atomic E-state index is -0.615. The second kappa shape index (κ2) is 7.92. The van der Waals surface area contributed by atoms with Crippen LogP contribution in [0.3, 0.4) is 0 Å². The molecule has 0 N–H and O–H groups in total. The van der Waals surface area contributed by atoms with E-state index in [1.54, 1.807) is 36.4 Å². The number of aromatic nitrogens is 1. The van der Waals surface area contributed by atoms with Crippen molar-refractivity contribution < 1.29 is 14.3 Å². The third-order valence-corrected chi connectivity index (χ3v) is 4.27. The number of hydrogen-bond donors (Lipinski definition) is 0. The number of ether oxygens (including phenoxy) is 1. The monoisotopic (exact) mass is 338 g/mol. The van der Waals surface area contributed by atoms with Crippen LogP contribution < -0.4 is 0 Å². The molecule has 0 radical (unpaired) electrons. The number of esters is 1. The van der Waals surface area contributed by atoms with Gasteiger partial charge in [-0.2, -0.15) is 0 Å². The van der Waals surface area contributed by atoms with Crippen LogP contribution in [0.15, 0.2) is 54.9 Å². The Morgan fingerprint density at radius 2 is 1.84 bits per heavy atom. The average molecular weight is 338 g/mol. The fourth-order valence-electron chi connectivity index (χ4n) is 2.93. The molecule has 5 nitrogen and oxygen atoms in total. The van der Waals surface area contributed by atoms with Crippen LogP contribution in [0.25, 0.3) is 0 Å². The van der Waals surface area contributed by atoms with E-state index < -0.39 is 6.04 Å². The minimum absolute atomic E-state index is 0.0961. The minimum Gasteiger partial charge on any atom is -0.464 e. The molecule has 1 heterocycles. The molecule has 5 heteroatoms. The van der Waals surface area contributed by atoms with E-state index >= 15 is 0 Å². The predicted octanol–water partition coefficient (Wildman–Crippen LogP) is 2.86. The van der Waals surface area contributed by atoms with Crippen molar-refractivity contribution in [3.63, 3.8) is 0 Å². The lowest BCUT2D eigenvalue weighted by Gasteiger charge is -2.30. The van der Waals surface area contributed by atoms with Crippen LogP contribution >= 0.6 is 0 Å². The number of nitrogens with zero attached hydrogens (tertiary/aromatic N) is 2.